The van der Waals surface area contributed by atoms with Crippen molar-refractivity contribution >= 4 is 10.0 Å². The minimum absolute atomic E-state index is 0.219. The topological polar surface area (TPSA) is 55.4 Å². The molecule has 0 unspecified atom stereocenters. The molecule has 0 aromatic heterocycles. The number of ether oxygens (including phenoxy) is 1. The Morgan fingerprint density at radius 3 is 2.56 bits per heavy atom. The molecule has 0 amide bonds. The third kappa shape index (κ3) is 4.50. The predicted molar refractivity (Wildman–Crippen MR) is 72.2 cm³/mol. The van der Waals surface area contributed by atoms with Crippen molar-refractivity contribution in [3.8, 4) is 5.75 Å². The number of nitrogens with one attached hydrogen (secondary N) is 1. The average Bonchev–Trinajstić information content (AvgIpc) is 2.37. The average molecular weight is 269 g/mol. The summed E-state index contributed by atoms with van der Waals surface area (Å²) in [6.45, 7) is 6.42. The van der Waals surface area contributed by atoms with Crippen LogP contribution in [0.1, 0.15) is 19.8 Å². The van der Waals surface area contributed by atoms with E-state index in [4.69, 9.17) is 4.74 Å². The van der Waals surface area contributed by atoms with Crippen LogP contribution in [0.3, 0.4) is 0 Å². The zero-order valence-electron chi connectivity index (χ0n) is 10.6. The first-order valence-electron chi connectivity index (χ1n) is 5.93. The van der Waals surface area contributed by atoms with Crippen LogP contribution in [0.5, 0.6) is 5.75 Å². The SMILES string of the molecule is C=CCNS(=O)(=O)c1ccc(OCCCC)cc1. The van der Waals surface area contributed by atoms with Crippen molar-refractivity contribution in [2.45, 2.75) is 24.7 Å². The van der Waals surface area contributed by atoms with Gasteiger partial charge in [-0.2, -0.15) is 0 Å². The van der Waals surface area contributed by atoms with E-state index < -0.39 is 10.0 Å². The van der Waals surface area contributed by atoms with Crippen LogP contribution in [0.2, 0.25) is 0 Å². The smallest absolute Gasteiger partial charge is 0.240 e. The third-order valence-electron chi connectivity index (χ3n) is 2.32. The van der Waals surface area contributed by atoms with Gasteiger partial charge in [0.05, 0.1) is 11.5 Å². The maximum Gasteiger partial charge on any atom is 0.240 e. The van der Waals surface area contributed by atoms with Crippen LogP contribution >= 0.6 is 0 Å². The first kappa shape index (κ1) is 14.7. The summed E-state index contributed by atoms with van der Waals surface area (Å²) in [5.74, 6) is 0.686. The molecule has 5 heteroatoms. The highest BCUT2D eigenvalue weighted by atomic mass is 32.2. The van der Waals surface area contributed by atoms with E-state index in [0.29, 0.717) is 12.4 Å². The highest BCUT2D eigenvalue weighted by Gasteiger charge is 2.12. The molecular weight excluding hydrogens is 250 g/mol. The number of sulfonamides is 1. The van der Waals surface area contributed by atoms with Crippen LogP contribution in [0.15, 0.2) is 41.8 Å². The van der Waals surface area contributed by atoms with Crippen molar-refractivity contribution in [3.63, 3.8) is 0 Å². The van der Waals surface area contributed by atoms with Crippen LogP contribution in [-0.2, 0) is 10.0 Å². The van der Waals surface area contributed by atoms with Gasteiger partial charge in [-0.3, -0.25) is 0 Å². The predicted octanol–water partition coefficient (Wildman–Crippen LogP) is 2.33. The van der Waals surface area contributed by atoms with E-state index in [1.165, 1.54) is 18.2 Å². The molecule has 4 nitrogen and oxygen atoms in total. The lowest BCUT2D eigenvalue weighted by molar-refractivity contribution is 0.309. The summed E-state index contributed by atoms with van der Waals surface area (Å²) in [5, 5.41) is 0. The second-order valence-corrected chi connectivity index (χ2v) is 5.58. The van der Waals surface area contributed by atoms with Crippen LogP contribution < -0.4 is 9.46 Å². The van der Waals surface area contributed by atoms with E-state index in [9.17, 15) is 8.42 Å². The van der Waals surface area contributed by atoms with Gasteiger partial charge in [-0.25, -0.2) is 13.1 Å². The fraction of sp³-hybridized carbons (Fsp3) is 0.385. The Balaban J connectivity index is 2.67. The first-order valence-corrected chi connectivity index (χ1v) is 7.42. The van der Waals surface area contributed by atoms with Gasteiger partial charge in [-0.1, -0.05) is 19.4 Å². The summed E-state index contributed by atoms with van der Waals surface area (Å²) in [7, 11) is -3.44. The van der Waals surface area contributed by atoms with E-state index in [1.807, 2.05) is 0 Å². The molecule has 1 aromatic carbocycles. The molecule has 0 heterocycles. The molecule has 0 fully saturated rings. The largest absolute Gasteiger partial charge is 0.494 e. The van der Waals surface area contributed by atoms with Crippen LogP contribution in [0.25, 0.3) is 0 Å². The lowest BCUT2D eigenvalue weighted by atomic mass is 10.3. The Hall–Kier alpha value is -1.33. The Kier molecular flexibility index (Phi) is 5.88. The van der Waals surface area contributed by atoms with Crippen molar-refractivity contribution in [3.05, 3.63) is 36.9 Å². The lowest BCUT2D eigenvalue weighted by Gasteiger charge is -2.07. The molecule has 0 saturated heterocycles. The molecule has 1 aromatic rings. The number of benzene rings is 1. The van der Waals surface area contributed by atoms with Crippen molar-refractivity contribution < 1.29 is 13.2 Å². The molecule has 0 aliphatic rings. The van der Waals surface area contributed by atoms with Gasteiger partial charge in [0.1, 0.15) is 5.75 Å². The van der Waals surface area contributed by atoms with Gasteiger partial charge >= 0.3 is 0 Å². The summed E-state index contributed by atoms with van der Waals surface area (Å²) in [6.07, 6.45) is 3.55. The third-order valence-corrected chi connectivity index (χ3v) is 3.76. The van der Waals surface area contributed by atoms with Gasteiger partial charge in [0.2, 0.25) is 10.0 Å². The summed E-state index contributed by atoms with van der Waals surface area (Å²) >= 11 is 0. The van der Waals surface area contributed by atoms with E-state index >= 15 is 0 Å². The fourth-order valence-electron chi connectivity index (χ4n) is 1.30. The fourth-order valence-corrected chi connectivity index (χ4v) is 2.30. The van der Waals surface area contributed by atoms with Gasteiger partial charge in [0.15, 0.2) is 0 Å². The molecule has 18 heavy (non-hydrogen) atoms. The van der Waals surface area contributed by atoms with Crippen LogP contribution in [-0.4, -0.2) is 21.6 Å². The minimum atomic E-state index is -3.44. The van der Waals surface area contributed by atoms with Crippen LogP contribution in [0.4, 0.5) is 0 Å². The Morgan fingerprint density at radius 2 is 2.00 bits per heavy atom. The maximum atomic E-state index is 11.8. The highest BCUT2D eigenvalue weighted by molar-refractivity contribution is 7.89. The van der Waals surface area contributed by atoms with Crippen molar-refractivity contribution in [2.24, 2.45) is 0 Å². The van der Waals surface area contributed by atoms with Gasteiger partial charge in [0.25, 0.3) is 0 Å². The monoisotopic (exact) mass is 269 g/mol. The molecule has 1 N–H and O–H groups in total. The molecule has 0 bridgehead atoms. The van der Waals surface area contributed by atoms with Crippen molar-refractivity contribution in [2.75, 3.05) is 13.2 Å². The molecule has 0 spiro atoms. The zero-order chi connectivity index (χ0) is 13.4. The van der Waals surface area contributed by atoms with Gasteiger partial charge in [0, 0.05) is 6.54 Å². The first-order chi connectivity index (χ1) is 8.60. The Morgan fingerprint density at radius 1 is 1.33 bits per heavy atom. The maximum absolute atomic E-state index is 11.8. The van der Waals surface area contributed by atoms with Crippen LogP contribution in [0, 0.1) is 0 Å². The quantitative estimate of drug-likeness (QED) is 0.582. The molecule has 0 radical (unpaired) electrons. The second kappa shape index (κ2) is 7.18. The molecule has 0 aliphatic carbocycles. The highest BCUT2D eigenvalue weighted by Crippen LogP contribution is 2.16. The van der Waals surface area contributed by atoms with E-state index in [0.717, 1.165) is 12.8 Å². The summed E-state index contributed by atoms with van der Waals surface area (Å²) in [4.78, 5) is 0.229. The number of hydrogen-bond acceptors (Lipinski definition) is 3. The second-order valence-electron chi connectivity index (χ2n) is 3.81. The summed E-state index contributed by atoms with van der Waals surface area (Å²) in [5.41, 5.74) is 0. The number of rotatable bonds is 8. The van der Waals surface area contributed by atoms with E-state index in [2.05, 4.69) is 18.2 Å². The molecule has 0 saturated carbocycles. The molecular formula is C13H19NO3S. The normalized spacial score (nSPS) is 11.2. The van der Waals surface area contributed by atoms with Gasteiger partial charge in [-0.15, -0.1) is 6.58 Å². The van der Waals surface area contributed by atoms with E-state index in [-0.39, 0.29) is 11.4 Å². The summed E-state index contributed by atoms with van der Waals surface area (Å²) < 4.78 is 31.4. The minimum Gasteiger partial charge on any atom is -0.494 e. The molecule has 0 aliphatic heterocycles. The molecule has 0 atom stereocenters. The number of hydrogen-bond donors (Lipinski definition) is 1. The Labute approximate surface area is 109 Å². The van der Waals surface area contributed by atoms with Crippen molar-refractivity contribution in [1.29, 1.82) is 0 Å². The molecule has 1 rings (SSSR count). The standard InChI is InChI=1S/C13H19NO3S/c1-3-5-11-17-12-6-8-13(9-7-12)18(15,16)14-10-4-2/h4,6-9,14H,2-3,5,10-11H2,1H3. The molecule has 100 valence electrons. The summed E-state index contributed by atoms with van der Waals surface area (Å²) in [6, 6.07) is 6.40. The van der Waals surface area contributed by atoms with E-state index in [1.54, 1.807) is 12.1 Å². The number of unbranched alkanes of at least 4 members (excludes halogenated alkanes) is 1. The zero-order valence-corrected chi connectivity index (χ0v) is 11.4. The van der Waals surface area contributed by atoms with Gasteiger partial charge in [-0.05, 0) is 30.7 Å². The lowest BCUT2D eigenvalue weighted by Crippen LogP contribution is -2.23. The van der Waals surface area contributed by atoms with Crippen molar-refractivity contribution in [1.82, 2.24) is 4.72 Å². The van der Waals surface area contributed by atoms with Gasteiger partial charge < -0.3 is 4.74 Å². The Bertz CT molecular complexity index is 466.